The van der Waals surface area contributed by atoms with Gasteiger partial charge in [0.25, 0.3) is 5.91 Å². The van der Waals surface area contributed by atoms with Crippen LogP contribution in [0.3, 0.4) is 0 Å². The number of halogens is 1. The first-order chi connectivity index (χ1) is 19.5. The van der Waals surface area contributed by atoms with Gasteiger partial charge in [0.1, 0.15) is 6.61 Å². The Bertz CT molecular complexity index is 1350. The van der Waals surface area contributed by atoms with Crippen molar-refractivity contribution in [2.45, 2.75) is 38.3 Å². The smallest absolute Gasteiger partial charge is 0.254 e. The maximum Gasteiger partial charge on any atom is 0.254 e. The Morgan fingerprint density at radius 2 is 1.70 bits per heavy atom. The van der Waals surface area contributed by atoms with Gasteiger partial charge in [0.2, 0.25) is 5.91 Å². The first kappa shape index (κ1) is 27.5. The number of amides is 2. The second kappa shape index (κ2) is 12.4. The van der Waals surface area contributed by atoms with Crippen molar-refractivity contribution in [3.05, 3.63) is 89.2 Å². The van der Waals surface area contributed by atoms with Crippen LogP contribution in [0.25, 0.3) is 0 Å². The van der Waals surface area contributed by atoms with Crippen LogP contribution in [0.5, 0.6) is 17.2 Å². The number of benzene rings is 3. The van der Waals surface area contributed by atoms with Crippen LogP contribution in [0.1, 0.15) is 40.7 Å². The van der Waals surface area contributed by atoms with Crippen LogP contribution >= 0.6 is 0 Å². The number of methoxy groups -OCH3 is 2. The topological polar surface area (TPSA) is 68.3 Å². The van der Waals surface area contributed by atoms with Gasteiger partial charge in [-0.2, -0.15) is 0 Å². The van der Waals surface area contributed by atoms with Crippen LogP contribution in [-0.2, 0) is 17.8 Å². The Kier molecular flexibility index (Phi) is 8.53. The fourth-order valence-electron chi connectivity index (χ4n) is 5.75. The number of nitrogens with zero attached hydrogens (tertiary/aromatic N) is 2. The average Bonchev–Trinajstić information content (AvgIpc) is 3.44. The van der Waals surface area contributed by atoms with Gasteiger partial charge in [-0.3, -0.25) is 9.59 Å². The second-order valence-corrected chi connectivity index (χ2v) is 10.4. The molecule has 0 saturated carbocycles. The predicted octanol–water partition coefficient (Wildman–Crippen LogP) is 5.12. The van der Waals surface area contributed by atoms with Gasteiger partial charge in [0, 0.05) is 31.6 Å². The van der Waals surface area contributed by atoms with Crippen molar-refractivity contribution in [2.24, 2.45) is 5.92 Å². The van der Waals surface area contributed by atoms with Crippen LogP contribution in [0, 0.1) is 11.7 Å². The zero-order chi connectivity index (χ0) is 28.1. The lowest BCUT2D eigenvalue weighted by molar-refractivity contribution is -0.135. The van der Waals surface area contributed by atoms with Crippen LogP contribution in [0.2, 0.25) is 0 Å². The Morgan fingerprint density at radius 3 is 2.48 bits per heavy atom. The highest BCUT2D eigenvalue weighted by molar-refractivity contribution is 5.95. The molecule has 2 aliphatic heterocycles. The summed E-state index contributed by atoms with van der Waals surface area (Å²) in [4.78, 5) is 30.3. The van der Waals surface area contributed by atoms with Crippen molar-refractivity contribution in [2.75, 3.05) is 33.9 Å². The molecule has 3 aromatic rings. The Hall–Kier alpha value is -4.07. The zero-order valence-electron chi connectivity index (χ0n) is 23.0. The number of carbonyl (C=O) groups excluding carboxylic acids is 2. The van der Waals surface area contributed by atoms with E-state index in [1.807, 2.05) is 53.4 Å². The third-order valence-electron chi connectivity index (χ3n) is 7.88. The van der Waals surface area contributed by atoms with E-state index in [2.05, 4.69) is 0 Å². The SMILES string of the molecule is COc1cc(C(=O)N2C[C@H]3CCCN(C(=O)CCc4ccc(OCc5ccccc5)c(OC)c4)[C@H]3C2)ccc1F. The summed E-state index contributed by atoms with van der Waals surface area (Å²) in [6.45, 7) is 2.22. The number of rotatable bonds is 9. The molecule has 2 heterocycles. The van der Waals surface area contributed by atoms with E-state index < -0.39 is 5.82 Å². The molecule has 0 N–H and O–H groups in total. The van der Waals surface area contributed by atoms with Gasteiger partial charge in [-0.15, -0.1) is 0 Å². The van der Waals surface area contributed by atoms with Gasteiger partial charge in [-0.1, -0.05) is 36.4 Å². The molecule has 0 spiro atoms. The summed E-state index contributed by atoms with van der Waals surface area (Å²) >= 11 is 0. The average molecular weight is 547 g/mol. The molecule has 2 atom stereocenters. The molecule has 2 aliphatic rings. The minimum atomic E-state index is -0.502. The molecule has 0 unspecified atom stereocenters. The molecule has 2 amide bonds. The molecule has 0 aliphatic carbocycles. The number of fused-ring (bicyclic) bond motifs is 1. The monoisotopic (exact) mass is 546 g/mol. The van der Waals surface area contributed by atoms with Crippen molar-refractivity contribution in [3.63, 3.8) is 0 Å². The number of hydrogen-bond acceptors (Lipinski definition) is 5. The molecular weight excluding hydrogens is 511 g/mol. The summed E-state index contributed by atoms with van der Waals surface area (Å²) in [6.07, 6.45) is 2.85. The van der Waals surface area contributed by atoms with Gasteiger partial charge in [-0.05, 0) is 66.6 Å². The van der Waals surface area contributed by atoms with E-state index in [1.54, 1.807) is 12.0 Å². The lowest BCUT2D eigenvalue weighted by Gasteiger charge is -2.37. The minimum Gasteiger partial charge on any atom is -0.494 e. The highest BCUT2D eigenvalue weighted by atomic mass is 19.1. The summed E-state index contributed by atoms with van der Waals surface area (Å²) in [7, 11) is 2.99. The third-order valence-corrected chi connectivity index (χ3v) is 7.88. The molecule has 2 saturated heterocycles. The van der Waals surface area contributed by atoms with Gasteiger partial charge < -0.3 is 24.0 Å². The van der Waals surface area contributed by atoms with Crippen LogP contribution < -0.4 is 14.2 Å². The van der Waals surface area contributed by atoms with Crippen LogP contribution in [-0.4, -0.2) is 61.5 Å². The number of likely N-dealkylation sites (tertiary alicyclic amines) is 2. The molecular formula is C32H35FN2O5. The van der Waals surface area contributed by atoms with Crippen LogP contribution in [0.4, 0.5) is 4.39 Å². The van der Waals surface area contributed by atoms with Crippen molar-refractivity contribution in [1.82, 2.24) is 9.80 Å². The maximum absolute atomic E-state index is 13.8. The molecule has 0 bridgehead atoms. The summed E-state index contributed by atoms with van der Waals surface area (Å²) in [5.41, 5.74) is 2.46. The van der Waals surface area contributed by atoms with Crippen molar-refractivity contribution in [3.8, 4) is 17.2 Å². The number of aryl methyl sites for hydroxylation is 1. The first-order valence-corrected chi connectivity index (χ1v) is 13.7. The molecule has 0 aromatic heterocycles. The van der Waals surface area contributed by atoms with E-state index in [-0.39, 0.29) is 29.5 Å². The summed E-state index contributed by atoms with van der Waals surface area (Å²) < 4.78 is 30.4. The van der Waals surface area contributed by atoms with Crippen molar-refractivity contribution >= 4 is 11.8 Å². The van der Waals surface area contributed by atoms with Gasteiger partial charge in [0.05, 0.1) is 20.3 Å². The number of ether oxygens (including phenoxy) is 3. The fourth-order valence-corrected chi connectivity index (χ4v) is 5.75. The number of piperidine rings is 1. The minimum absolute atomic E-state index is 0.00385. The van der Waals surface area contributed by atoms with Gasteiger partial charge in [0.15, 0.2) is 23.1 Å². The second-order valence-electron chi connectivity index (χ2n) is 10.4. The lowest BCUT2D eigenvalue weighted by atomic mass is 9.91. The molecule has 8 heteroatoms. The van der Waals surface area contributed by atoms with E-state index in [1.165, 1.54) is 25.3 Å². The summed E-state index contributed by atoms with van der Waals surface area (Å²) in [6, 6.07) is 19.9. The normalized spacial score (nSPS) is 18.3. The molecule has 5 rings (SSSR count). The molecule has 2 fully saturated rings. The fraction of sp³-hybridized carbons (Fsp3) is 0.375. The quantitative estimate of drug-likeness (QED) is 0.373. The van der Waals surface area contributed by atoms with Gasteiger partial charge in [-0.25, -0.2) is 4.39 Å². The molecule has 0 radical (unpaired) electrons. The van der Waals surface area contributed by atoms with Gasteiger partial charge >= 0.3 is 0 Å². The van der Waals surface area contributed by atoms with E-state index in [9.17, 15) is 14.0 Å². The largest absolute Gasteiger partial charge is 0.494 e. The lowest BCUT2D eigenvalue weighted by Crippen LogP contribution is -2.48. The van der Waals surface area contributed by atoms with Crippen molar-refractivity contribution in [1.29, 1.82) is 0 Å². The highest BCUT2D eigenvalue weighted by Gasteiger charge is 2.42. The number of hydrogen-bond donors (Lipinski definition) is 0. The first-order valence-electron chi connectivity index (χ1n) is 13.7. The standard InChI is InChI=1S/C32H35FN2O5/c1-38-29-18-24(12-13-26(29)33)32(37)34-19-25-9-6-16-35(27(25)20-34)31(36)15-11-22-10-14-28(30(17-22)39-2)40-21-23-7-4-3-5-8-23/h3-5,7-8,10,12-14,17-18,25,27H,6,9,11,15-16,19-21H2,1-2H3/t25-,27+/m1/s1. The Morgan fingerprint density at radius 1 is 0.900 bits per heavy atom. The number of carbonyl (C=O) groups is 2. The Balaban J connectivity index is 1.19. The van der Waals surface area contributed by atoms with Crippen LogP contribution in [0.15, 0.2) is 66.7 Å². The summed E-state index contributed by atoms with van der Waals surface area (Å²) in [5, 5.41) is 0. The summed E-state index contributed by atoms with van der Waals surface area (Å²) in [5.74, 6) is 1.02. The molecule has 7 nitrogen and oxygen atoms in total. The highest BCUT2D eigenvalue weighted by Crippen LogP contribution is 2.33. The maximum atomic E-state index is 13.8. The molecule has 3 aromatic carbocycles. The van der Waals surface area contributed by atoms with E-state index >= 15 is 0 Å². The molecule has 210 valence electrons. The van der Waals surface area contributed by atoms with E-state index in [0.717, 1.165) is 24.0 Å². The van der Waals surface area contributed by atoms with E-state index in [0.29, 0.717) is 56.1 Å². The van der Waals surface area contributed by atoms with Crippen molar-refractivity contribution < 1.29 is 28.2 Å². The molecule has 40 heavy (non-hydrogen) atoms. The zero-order valence-corrected chi connectivity index (χ0v) is 23.0. The third kappa shape index (κ3) is 6.06. The predicted molar refractivity (Wildman–Crippen MR) is 149 cm³/mol. The van der Waals surface area contributed by atoms with E-state index in [4.69, 9.17) is 14.2 Å². The Labute approximate surface area is 234 Å².